The average Bonchev–Trinajstić information content (AvgIpc) is 0.733. The maximum absolute atomic E-state index is 10.0. The molecule has 0 N–H and O–H groups in total. The molecule has 0 unspecified atom stereocenters. The second kappa shape index (κ2) is 32.9. The van der Waals surface area contributed by atoms with Gasteiger partial charge in [0, 0.05) is 102 Å². The summed E-state index contributed by atoms with van der Waals surface area (Å²) in [5.41, 5.74) is 11.3. The van der Waals surface area contributed by atoms with Gasteiger partial charge in [0.15, 0.2) is 0 Å². The maximum atomic E-state index is 10.0. The third-order valence-electron chi connectivity index (χ3n) is 19.7. The molecule has 0 saturated carbocycles. The molecule has 6 nitrogen and oxygen atoms in total. The first-order valence-corrected chi connectivity index (χ1v) is 37.5. The fraction of sp³-hybridized carbons (Fsp3) is 0. The van der Waals surface area contributed by atoms with E-state index in [0.717, 1.165) is 68.2 Å². The Morgan fingerprint density at radius 1 is 0.0965 bits per heavy atom. The van der Waals surface area contributed by atoms with Gasteiger partial charge in [-0.3, -0.25) is 0 Å². The Morgan fingerprint density at radius 3 is 0.333 bits per heavy atom. The van der Waals surface area contributed by atoms with E-state index in [9.17, 15) is 21.9 Å². The number of para-hydroxylation sites is 8. The van der Waals surface area contributed by atoms with Crippen molar-refractivity contribution >= 4 is 102 Å². The molecule has 0 fully saturated rings. The number of anilines is 18. The van der Waals surface area contributed by atoms with Gasteiger partial charge in [0.05, 0.1) is 21.9 Å². The zero-order chi connectivity index (χ0) is 90.1. The Balaban J connectivity index is 0.747. The summed E-state index contributed by atoms with van der Waals surface area (Å²) in [6.07, 6.45) is 0. The quantitative estimate of drug-likeness (QED) is 0.0631. The van der Waals surface area contributed by atoms with Gasteiger partial charge >= 0.3 is 0 Å². The predicted octanol–water partition coefficient (Wildman–Crippen LogP) is 30.8. The highest BCUT2D eigenvalue weighted by Crippen LogP contribution is 2.45. The van der Waals surface area contributed by atoms with E-state index in [1.807, 2.05) is 291 Å². The molecular formula is C108H80N6. The van der Waals surface area contributed by atoms with Crippen molar-refractivity contribution in [1.29, 1.82) is 0 Å². The Labute approximate surface area is 690 Å². The Morgan fingerprint density at radius 2 is 0.202 bits per heavy atom. The Bertz CT molecular complexity index is 6080. The molecule has 0 saturated heterocycles. The van der Waals surface area contributed by atoms with Crippen molar-refractivity contribution in [3.63, 3.8) is 0 Å². The molecule has 0 spiro atoms. The van der Waals surface area contributed by atoms with Gasteiger partial charge in [-0.05, 0) is 274 Å². The Kier molecular flexibility index (Phi) is 15.7. The van der Waals surface area contributed by atoms with Gasteiger partial charge in [-0.1, -0.05) is 267 Å². The molecule has 18 rings (SSSR count). The summed E-state index contributed by atoms with van der Waals surface area (Å²) in [6.45, 7) is 0. The molecule has 18 aromatic carbocycles. The molecule has 0 aliphatic heterocycles. The van der Waals surface area contributed by atoms with Crippen LogP contribution < -0.4 is 29.4 Å². The molecule has 0 aliphatic carbocycles. The Hall–Kier alpha value is -15.2. The predicted molar refractivity (Wildman–Crippen MR) is 482 cm³/mol. The van der Waals surface area contributed by atoms with Gasteiger partial charge in [-0.15, -0.1) is 0 Å². The fourth-order valence-corrected chi connectivity index (χ4v) is 14.1. The number of rotatable bonds is 23. The van der Waals surface area contributed by atoms with Crippen molar-refractivity contribution in [1.82, 2.24) is 0 Å². The third kappa shape index (κ3) is 15.3. The lowest BCUT2D eigenvalue weighted by molar-refractivity contribution is 1.28. The molecule has 114 heavy (non-hydrogen) atoms. The zero-order valence-corrected chi connectivity index (χ0v) is 61.6. The molecule has 0 atom stereocenters. The first-order chi connectivity index (χ1) is 63.2. The summed E-state index contributed by atoms with van der Waals surface area (Å²) in [7, 11) is 0. The average molecular weight is 1480 g/mol. The van der Waals surface area contributed by atoms with Crippen molar-refractivity contribution in [2.24, 2.45) is 0 Å². The number of benzene rings is 18. The van der Waals surface area contributed by atoms with E-state index in [4.69, 9.17) is 0 Å². The highest BCUT2D eigenvalue weighted by molar-refractivity contribution is 5.88. The minimum absolute atomic E-state index is 0.0240. The second-order valence-electron chi connectivity index (χ2n) is 26.9. The van der Waals surface area contributed by atoms with Gasteiger partial charge in [0.1, 0.15) is 0 Å². The third-order valence-corrected chi connectivity index (χ3v) is 19.7. The molecule has 0 aromatic heterocycles. The van der Waals surface area contributed by atoms with Crippen LogP contribution in [0.5, 0.6) is 0 Å². The van der Waals surface area contributed by atoms with Crippen LogP contribution >= 0.6 is 0 Å². The molecule has 0 heterocycles. The summed E-state index contributed by atoms with van der Waals surface area (Å²) >= 11 is 0. The van der Waals surface area contributed by atoms with Crippen molar-refractivity contribution in [3.05, 3.63) is 485 Å². The lowest BCUT2D eigenvalue weighted by Crippen LogP contribution is -2.10. The number of hydrogen-bond acceptors (Lipinski definition) is 6. The molecule has 18 aromatic rings. The molecular weight excluding hydrogens is 1380 g/mol. The van der Waals surface area contributed by atoms with E-state index in [1.54, 1.807) is 97.1 Å². The topological polar surface area (TPSA) is 19.4 Å². The van der Waals surface area contributed by atoms with Crippen LogP contribution in [0.4, 0.5) is 102 Å². The largest absolute Gasteiger partial charge is 0.311 e. The summed E-state index contributed by atoms with van der Waals surface area (Å²) in [4.78, 5) is 10.7. The fourth-order valence-electron chi connectivity index (χ4n) is 14.1. The first kappa shape index (κ1) is 54.4. The number of nitrogens with zero attached hydrogens (tertiary/aromatic N) is 6. The van der Waals surface area contributed by atoms with E-state index in [-0.39, 0.29) is 56.4 Å². The molecule has 542 valence electrons. The van der Waals surface area contributed by atoms with Crippen LogP contribution in [-0.4, -0.2) is 0 Å². The van der Waals surface area contributed by atoms with E-state index >= 15 is 0 Å². The van der Waals surface area contributed by atoms with Gasteiger partial charge in [-0.2, -0.15) is 0 Å². The van der Waals surface area contributed by atoms with E-state index in [1.165, 1.54) is 9.80 Å². The molecule has 0 aliphatic rings. The van der Waals surface area contributed by atoms with Crippen LogP contribution in [0.15, 0.2) is 485 Å². The van der Waals surface area contributed by atoms with Gasteiger partial charge in [0.25, 0.3) is 0 Å². The van der Waals surface area contributed by atoms with E-state index in [2.05, 4.69) is 19.6 Å². The number of hydrogen-bond donors (Lipinski definition) is 0. The monoisotopic (exact) mass is 1480 g/mol. The summed E-state index contributed by atoms with van der Waals surface area (Å²) in [5.74, 6) is 0. The van der Waals surface area contributed by atoms with Gasteiger partial charge in [0.2, 0.25) is 0 Å². The normalized spacial score (nSPS) is 12.9. The van der Waals surface area contributed by atoms with Gasteiger partial charge in [-0.25, -0.2) is 0 Å². The minimum Gasteiger partial charge on any atom is -0.311 e. The minimum atomic E-state index is -0.544. The molecule has 0 amide bonds. The van der Waals surface area contributed by atoms with Crippen molar-refractivity contribution in [2.45, 2.75) is 0 Å². The summed E-state index contributed by atoms with van der Waals surface area (Å²) in [5, 5.41) is 0. The first-order valence-electron chi connectivity index (χ1n) is 45.5. The highest BCUT2D eigenvalue weighted by atomic mass is 15.2. The van der Waals surface area contributed by atoms with Crippen LogP contribution in [0.25, 0.3) is 55.6 Å². The van der Waals surface area contributed by atoms with Crippen LogP contribution in [0.3, 0.4) is 0 Å². The summed E-state index contributed by atoms with van der Waals surface area (Å²) in [6, 6.07) is 112. The van der Waals surface area contributed by atoms with Crippen LogP contribution in [0.1, 0.15) is 21.9 Å². The van der Waals surface area contributed by atoms with Crippen molar-refractivity contribution in [3.8, 4) is 55.6 Å². The van der Waals surface area contributed by atoms with Crippen LogP contribution in [0, 0.1) is 0 Å². The van der Waals surface area contributed by atoms with E-state index < -0.39 is 96.7 Å². The SMILES string of the molecule is [2H]c1c([2H])c(N(c2ccc(-c3ccc(N(c4c([2H])c([2H])c(-c5ccc(N(c6ccccc6)c6ccccc6)cc5)c([2H])c4[2H])c4c([2H])c([2H])c(-c5ccc(N(c6ccccc6)c6ccccc6)cc5)c([2H])c4[2H])cc3)cc2)c2c([2H])c([2H])c(-c3ccc(N(c4ccccc4)c4ccccc4)cc3)c([2H])c2[2H])c([2H])c([2H])c1-c1ccc(N(c2ccccc2)c2ccccc2)cc1. The summed E-state index contributed by atoms with van der Waals surface area (Å²) < 4.78 is 159. The molecule has 6 heteroatoms. The van der Waals surface area contributed by atoms with Gasteiger partial charge < -0.3 is 29.4 Å². The van der Waals surface area contributed by atoms with Crippen LogP contribution in [-0.2, 0) is 0 Å². The van der Waals surface area contributed by atoms with Crippen molar-refractivity contribution in [2.75, 3.05) is 29.4 Å². The lowest BCUT2D eigenvalue weighted by atomic mass is 10.0. The molecule has 0 radical (unpaired) electrons. The lowest BCUT2D eigenvalue weighted by Gasteiger charge is -2.27. The molecule has 0 bridgehead atoms. The standard InChI is InChI=1S/C108H80N6/c1-9-25-91(26-10-1)109(92-27-11-2-12-28-92)99-61-41-81(42-62-99)85-49-69-103(70-50-85)113(104-71-51-86(52-72-104)82-43-63-100(64-44-82)110(93-29-13-3-14-30-93)94-31-15-4-16-32-94)107-77-57-89(58-78-107)90-59-79-108(80-60-90)114(105-73-53-87(54-74-105)83-45-65-101(66-46-83)111(95-33-17-5-18-34-95)96-35-19-6-20-36-96)106-75-55-88(56-76-106)84-47-67-102(68-48-84)112(97-37-21-7-22-38-97)98-39-23-8-24-40-98/h1-80H/i49D,50D,51D,52D,53D,54D,55D,56D,69D,70D,71D,72D,73D,74D,75D,76D. The highest BCUT2D eigenvalue weighted by Gasteiger charge is 2.21. The second-order valence-corrected chi connectivity index (χ2v) is 26.9. The maximum Gasteiger partial charge on any atom is 0.0645 e. The van der Waals surface area contributed by atoms with Crippen LogP contribution in [0.2, 0.25) is 0 Å². The smallest absolute Gasteiger partial charge is 0.0645 e. The van der Waals surface area contributed by atoms with Crippen molar-refractivity contribution < 1.29 is 21.9 Å². The zero-order valence-electron chi connectivity index (χ0n) is 77.6. The van der Waals surface area contributed by atoms with E-state index in [0.29, 0.717) is 33.4 Å².